The molecule has 0 atom stereocenters. The quantitative estimate of drug-likeness (QED) is 0.479. The van der Waals surface area contributed by atoms with E-state index in [0.717, 1.165) is 48.6 Å². The number of methoxy groups -OCH3 is 1. The van der Waals surface area contributed by atoms with Gasteiger partial charge in [0.1, 0.15) is 22.9 Å². The smallest absolute Gasteiger partial charge is 0.126 e. The van der Waals surface area contributed by atoms with E-state index in [0.29, 0.717) is 17.4 Å². The zero-order valence-electron chi connectivity index (χ0n) is 16.3. The van der Waals surface area contributed by atoms with E-state index in [1.54, 1.807) is 13.3 Å². The van der Waals surface area contributed by atoms with Gasteiger partial charge in [0.25, 0.3) is 0 Å². The minimum Gasteiger partial charge on any atom is -0.491 e. The van der Waals surface area contributed by atoms with E-state index in [1.807, 2.05) is 26.0 Å². The van der Waals surface area contributed by atoms with Crippen LogP contribution in [-0.2, 0) is 11.3 Å². The van der Waals surface area contributed by atoms with Crippen molar-refractivity contribution >= 4 is 44.2 Å². The summed E-state index contributed by atoms with van der Waals surface area (Å²) in [6.07, 6.45) is 1.73. The second-order valence-electron chi connectivity index (χ2n) is 6.73. The number of hydrogen-bond acceptors (Lipinski definition) is 7. The van der Waals surface area contributed by atoms with Crippen molar-refractivity contribution in [2.75, 3.05) is 20.3 Å². The van der Waals surface area contributed by atoms with Crippen LogP contribution in [0.5, 0.6) is 5.75 Å². The maximum absolute atomic E-state index is 9.05. The Morgan fingerprint density at radius 1 is 1.14 bits per heavy atom. The van der Waals surface area contributed by atoms with Gasteiger partial charge in [0.05, 0.1) is 45.9 Å². The summed E-state index contributed by atoms with van der Waals surface area (Å²) in [4.78, 5) is 14.1. The number of halogens is 1. The van der Waals surface area contributed by atoms with Crippen LogP contribution in [-0.4, -0.2) is 40.4 Å². The fourth-order valence-corrected chi connectivity index (χ4v) is 4.52. The summed E-state index contributed by atoms with van der Waals surface area (Å²) in [5.41, 5.74) is 5.92. The molecule has 0 unspecified atom stereocenters. The molecule has 2 aromatic heterocycles. The van der Waals surface area contributed by atoms with Crippen molar-refractivity contribution < 1.29 is 14.6 Å². The van der Waals surface area contributed by atoms with Gasteiger partial charge in [-0.3, -0.25) is 4.98 Å². The monoisotopic (exact) mass is 429 g/mol. The first-order valence-corrected chi connectivity index (χ1v) is 10.3. The maximum Gasteiger partial charge on any atom is 0.126 e. The van der Waals surface area contributed by atoms with Gasteiger partial charge in [-0.1, -0.05) is 11.6 Å². The van der Waals surface area contributed by atoms with Crippen molar-refractivity contribution in [3.8, 4) is 16.3 Å². The Balaban J connectivity index is 1.88. The van der Waals surface area contributed by atoms with Gasteiger partial charge in [0.2, 0.25) is 0 Å². The van der Waals surface area contributed by atoms with Crippen LogP contribution in [0, 0.1) is 13.8 Å². The Morgan fingerprint density at radius 2 is 1.97 bits per heavy atom. The topological polar surface area (TPSA) is 77.4 Å². The molecular formula is C21H20ClN3O3S. The fourth-order valence-electron chi connectivity index (χ4n) is 3.20. The molecule has 1 N–H and O–H groups in total. The number of hydrogen-bond donors (Lipinski definition) is 1. The average molecular weight is 430 g/mol. The van der Waals surface area contributed by atoms with Gasteiger partial charge < -0.3 is 14.6 Å². The number of aromatic nitrogens is 3. The van der Waals surface area contributed by atoms with Crippen molar-refractivity contribution in [1.82, 2.24) is 15.0 Å². The molecule has 0 saturated heterocycles. The lowest BCUT2D eigenvalue weighted by Crippen LogP contribution is -2.02. The minimum absolute atomic E-state index is 0.0535. The molecule has 4 rings (SSSR count). The Kier molecular flexibility index (Phi) is 5.65. The molecular weight excluding hydrogens is 410 g/mol. The summed E-state index contributed by atoms with van der Waals surface area (Å²) < 4.78 is 11.7. The van der Waals surface area contributed by atoms with Crippen molar-refractivity contribution in [3.63, 3.8) is 0 Å². The van der Waals surface area contributed by atoms with Crippen LogP contribution in [0.3, 0.4) is 0 Å². The van der Waals surface area contributed by atoms with Crippen LogP contribution in [0.4, 0.5) is 0 Å². The van der Waals surface area contributed by atoms with Crippen LogP contribution in [0.2, 0.25) is 5.02 Å². The highest BCUT2D eigenvalue weighted by Crippen LogP contribution is 2.40. The lowest BCUT2D eigenvalue weighted by molar-refractivity contribution is 0.181. The molecule has 29 heavy (non-hydrogen) atoms. The third-order valence-electron chi connectivity index (χ3n) is 4.53. The van der Waals surface area contributed by atoms with Gasteiger partial charge in [-0.15, -0.1) is 11.3 Å². The molecule has 0 aliphatic carbocycles. The maximum atomic E-state index is 9.05. The zero-order valence-corrected chi connectivity index (χ0v) is 17.9. The van der Waals surface area contributed by atoms with E-state index in [-0.39, 0.29) is 13.2 Å². The normalized spacial score (nSPS) is 11.5. The fraction of sp³-hybridized carbons (Fsp3) is 0.286. The lowest BCUT2D eigenvalue weighted by Gasteiger charge is -2.09. The molecule has 0 bridgehead atoms. The molecule has 0 radical (unpaired) electrons. The second-order valence-corrected chi connectivity index (χ2v) is 8.13. The van der Waals surface area contributed by atoms with Crippen LogP contribution in [0.1, 0.15) is 16.8 Å². The van der Waals surface area contributed by atoms with Crippen LogP contribution < -0.4 is 4.74 Å². The Morgan fingerprint density at radius 3 is 2.72 bits per heavy atom. The number of nitrogens with zero attached hydrogens (tertiary/aromatic N) is 3. The predicted octanol–water partition coefficient (Wildman–Crippen LogP) is 4.69. The summed E-state index contributed by atoms with van der Waals surface area (Å²) in [5.74, 6) is 0.657. The van der Waals surface area contributed by atoms with Crippen molar-refractivity contribution in [2.45, 2.75) is 20.5 Å². The second kappa shape index (κ2) is 8.20. The number of fused-ring (bicyclic) bond motifs is 2. The molecule has 0 amide bonds. The minimum atomic E-state index is -0.0535. The molecule has 0 saturated carbocycles. The molecule has 8 heteroatoms. The molecule has 0 aliphatic heterocycles. The van der Waals surface area contributed by atoms with Gasteiger partial charge in [-0.05, 0) is 37.6 Å². The van der Waals surface area contributed by atoms with Crippen LogP contribution in [0.25, 0.3) is 31.8 Å². The molecule has 150 valence electrons. The first-order chi connectivity index (χ1) is 14.0. The largest absolute Gasteiger partial charge is 0.491 e. The van der Waals surface area contributed by atoms with Gasteiger partial charge in [-0.2, -0.15) is 0 Å². The Hall–Kier alpha value is -2.32. The molecule has 2 aromatic carbocycles. The number of rotatable bonds is 6. The SMILES string of the molecule is COCc1cnc2c(-c3nc4c(Cl)c(C)c(OCCO)cc4s3)cc(C)cc2n1. The summed E-state index contributed by atoms with van der Waals surface area (Å²) in [5, 5.41) is 10.4. The number of ether oxygens (including phenoxy) is 2. The molecule has 0 aliphatic rings. The third-order valence-corrected chi connectivity index (χ3v) is 6.03. The molecule has 4 aromatic rings. The summed E-state index contributed by atoms with van der Waals surface area (Å²) in [6.45, 7) is 4.49. The predicted molar refractivity (Wildman–Crippen MR) is 116 cm³/mol. The Labute approximate surface area is 177 Å². The number of aryl methyl sites for hydroxylation is 1. The van der Waals surface area contributed by atoms with Gasteiger partial charge in [-0.25, -0.2) is 9.97 Å². The summed E-state index contributed by atoms with van der Waals surface area (Å²) in [7, 11) is 1.64. The van der Waals surface area contributed by atoms with Gasteiger partial charge >= 0.3 is 0 Å². The average Bonchev–Trinajstić information content (AvgIpc) is 3.13. The number of aliphatic hydroxyl groups is 1. The van der Waals surface area contributed by atoms with Gasteiger partial charge in [0, 0.05) is 18.2 Å². The van der Waals surface area contributed by atoms with Crippen molar-refractivity contribution in [2.24, 2.45) is 0 Å². The molecule has 0 spiro atoms. The molecule has 0 fully saturated rings. The van der Waals surface area contributed by atoms with E-state index in [4.69, 9.17) is 31.2 Å². The number of benzene rings is 2. The van der Waals surface area contributed by atoms with Crippen LogP contribution >= 0.6 is 22.9 Å². The van der Waals surface area contributed by atoms with Gasteiger partial charge in [0.15, 0.2) is 0 Å². The third kappa shape index (κ3) is 3.79. The first kappa shape index (κ1) is 20.0. The van der Waals surface area contributed by atoms with Crippen molar-refractivity contribution in [1.29, 1.82) is 0 Å². The number of aliphatic hydroxyl groups excluding tert-OH is 1. The summed E-state index contributed by atoms with van der Waals surface area (Å²) in [6, 6.07) is 6.00. The van der Waals surface area contributed by atoms with E-state index in [1.165, 1.54) is 11.3 Å². The molecule has 2 heterocycles. The van der Waals surface area contributed by atoms with Crippen LogP contribution in [0.15, 0.2) is 24.4 Å². The first-order valence-electron chi connectivity index (χ1n) is 9.10. The van der Waals surface area contributed by atoms with E-state index in [2.05, 4.69) is 16.0 Å². The highest BCUT2D eigenvalue weighted by molar-refractivity contribution is 7.21. The van der Waals surface area contributed by atoms with E-state index < -0.39 is 0 Å². The molecule has 6 nitrogen and oxygen atoms in total. The Bertz CT molecular complexity index is 1210. The van der Waals surface area contributed by atoms with E-state index >= 15 is 0 Å². The number of thiazole rings is 1. The van der Waals surface area contributed by atoms with E-state index in [9.17, 15) is 0 Å². The highest BCUT2D eigenvalue weighted by Gasteiger charge is 2.17. The summed E-state index contributed by atoms with van der Waals surface area (Å²) >= 11 is 8.10. The standard InChI is InChI=1S/C21H20ClN3O3S/c1-11-6-14(19-15(7-11)24-13(9-23-19)10-27-3)21-25-20-17(29-21)8-16(28-5-4-26)12(2)18(20)22/h6-9,26H,4-5,10H2,1-3H3. The highest BCUT2D eigenvalue weighted by atomic mass is 35.5. The van der Waals surface area contributed by atoms with Crippen molar-refractivity contribution in [3.05, 3.63) is 46.2 Å². The lowest BCUT2D eigenvalue weighted by atomic mass is 10.1. The zero-order chi connectivity index (χ0) is 20.5.